The lowest BCUT2D eigenvalue weighted by atomic mass is 10.1. The molecule has 2 aromatic carbocycles. The number of rotatable bonds is 4. The first-order valence-corrected chi connectivity index (χ1v) is 7.21. The number of aromatic nitrogens is 1. The molecule has 0 saturated carbocycles. The van der Waals surface area contributed by atoms with Gasteiger partial charge in [0.15, 0.2) is 0 Å². The topological polar surface area (TPSA) is 34.0 Å². The van der Waals surface area contributed by atoms with E-state index >= 15 is 0 Å². The van der Waals surface area contributed by atoms with Crippen LogP contribution in [-0.2, 0) is 13.5 Å². The molecule has 3 rings (SSSR count). The lowest BCUT2D eigenvalue weighted by Gasteiger charge is -2.06. The summed E-state index contributed by atoms with van der Waals surface area (Å²) in [5.41, 5.74) is 2.60. The van der Waals surface area contributed by atoms with Gasteiger partial charge in [0.05, 0.1) is 0 Å². The molecule has 3 nitrogen and oxygen atoms in total. The molecule has 0 aliphatic heterocycles. The molecule has 1 amide bonds. The third kappa shape index (κ3) is 3.01. The number of carbonyl (C=O) groups excluding carboxylic acids is 1. The van der Waals surface area contributed by atoms with Crippen LogP contribution >= 0.6 is 0 Å². The molecule has 112 valence electrons. The van der Waals surface area contributed by atoms with Gasteiger partial charge in [0.1, 0.15) is 5.82 Å². The van der Waals surface area contributed by atoms with Crippen LogP contribution in [0.2, 0.25) is 0 Å². The summed E-state index contributed by atoms with van der Waals surface area (Å²) >= 11 is 0. The van der Waals surface area contributed by atoms with Crippen LogP contribution in [0.15, 0.2) is 54.7 Å². The van der Waals surface area contributed by atoms with Gasteiger partial charge in [-0.1, -0.05) is 12.1 Å². The van der Waals surface area contributed by atoms with E-state index in [2.05, 4.69) is 5.32 Å². The molecule has 0 fully saturated rings. The van der Waals surface area contributed by atoms with Crippen LogP contribution in [0.25, 0.3) is 10.9 Å². The normalized spacial score (nSPS) is 10.8. The Labute approximate surface area is 128 Å². The second-order valence-electron chi connectivity index (χ2n) is 5.34. The van der Waals surface area contributed by atoms with Crippen molar-refractivity contribution in [2.45, 2.75) is 6.42 Å². The molecule has 0 aliphatic rings. The van der Waals surface area contributed by atoms with Crippen molar-refractivity contribution in [2.75, 3.05) is 6.54 Å². The smallest absolute Gasteiger partial charge is 0.251 e. The third-order valence-corrected chi connectivity index (χ3v) is 3.74. The lowest BCUT2D eigenvalue weighted by Crippen LogP contribution is -2.25. The number of halogens is 1. The number of nitrogens with one attached hydrogen (secondary N) is 1. The number of nitrogens with zero attached hydrogens (tertiary/aromatic N) is 1. The molecule has 0 unspecified atom stereocenters. The summed E-state index contributed by atoms with van der Waals surface area (Å²) in [6, 6.07) is 14.1. The Morgan fingerprint density at radius 1 is 1.18 bits per heavy atom. The van der Waals surface area contributed by atoms with E-state index in [0.29, 0.717) is 18.5 Å². The molecule has 0 atom stereocenters. The van der Waals surface area contributed by atoms with Gasteiger partial charge in [0.2, 0.25) is 0 Å². The van der Waals surface area contributed by atoms with Crippen molar-refractivity contribution in [3.63, 3.8) is 0 Å². The molecule has 3 aromatic rings. The number of fused-ring (bicyclic) bond motifs is 1. The summed E-state index contributed by atoms with van der Waals surface area (Å²) in [5, 5.41) is 3.91. The number of hydrogen-bond acceptors (Lipinski definition) is 1. The van der Waals surface area contributed by atoms with E-state index in [4.69, 9.17) is 0 Å². The van der Waals surface area contributed by atoms with Crippen molar-refractivity contribution in [1.82, 2.24) is 9.88 Å². The van der Waals surface area contributed by atoms with Crippen molar-refractivity contribution < 1.29 is 9.18 Å². The Balaban J connectivity index is 1.63. The maximum atomic E-state index is 13.1. The van der Waals surface area contributed by atoms with Gasteiger partial charge in [-0.15, -0.1) is 0 Å². The third-order valence-electron chi connectivity index (χ3n) is 3.74. The highest BCUT2D eigenvalue weighted by Crippen LogP contribution is 2.16. The first-order valence-electron chi connectivity index (χ1n) is 7.21. The largest absolute Gasteiger partial charge is 0.352 e. The minimum atomic E-state index is -0.252. The number of aryl methyl sites for hydroxylation is 1. The van der Waals surface area contributed by atoms with Crippen LogP contribution in [0.5, 0.6) is 0 Å². The quantitative estimate of drug-likeness (QED) is 0.787. The second kappa shape index (κ2) is 6.02. The Hall–Kier alpha value is -2.62. The van der Waals surface area contributed by atoms with Crippen LogP contribution < -0.4 is 5.32 Å². The first kappa shape index (κ1) is 14.3. The van der Waals surface area contributed by atoms with Crippen molar-refractivity contribution >= 4 is 16.8 Å². The zero-order valence-electron chi connectivity index (χ0n) is 12.3. The van der Waals surface area contributed by atoms with E-state index in [0.717, 1.165) is 16.5 Å². The van der Waals surface area contributed by atoms with Gasteiger partial charge >= 0.3 is 0 Å². The minimum absolute atomic E-state index is 0.109. The van der Waals surface area contributed by atoms with Crippen molar-refractivity contribution in [2.24, 2.45) is 7.05 Å². The summed E-state index contributed by atoms with van der Waals surface area (Å²) in [4.78, 5) is 12.2. The van der Waals surface area contributed by atoms with Crippen molar-refractivity contribution in [3.8, 4) is 0 Å². The molecule has 1 aromatic heterocycles. The molecule has 0 spiro atoms. The molecule has 0 bridgehead atoms. The minimum Gasteiger partial charge on any atom is -0.352 e. The highest BCUT2D eigenvalue weighted by Gasteiger charge is 2.07. The fourth-order valence-electron chi connectivity index (χ4n) is 2.54. The summed E-state index contributed by atoms with van der Waals surface area (Å²) in [5.74, 6) is -0.361. The summed E-state index contributed by atoms with van der Waals surface area (Å²) < 4.78 is 15.1. The molecule has 0 radical (unpaired) electrons. The van der Waals surface area contributed by atoms with Gasteiger partial charge in [0.25, 0.3) is 5.91 Å². The van der Waals surface area contributed by atoms with Crippen LogP contribution in [0.1, 0.15) is 15.9 Å². The van der Waals surface area contributed by atoms with Gasteiger partial charge < -0.3 is 9.88 Å². The van der Waals surface area contributed by atoms with E-state index in [9.17, 15) is 9.18 Å². The van der Waals surface area contributed by atoms with Crippen molar-refractivity contribution in [1.29, 1.82) is 0 Å². The molecular weight excluding hydrogens is 279 g/mol. The van der Waals surface area contributed by atoms with Crippen LogP contribution in [0, 0.1) is 5.82 Å². The fourth-order valence-corrected chi connectivity index (χ4v) is 2.54. The molecule has 4 heteroatoms. The number of carbonyl (C=O) groups is 1. The summed E-state index contributed by atoms with van der Waals surface area (Å²) in [6.45, 7) is 0.481. The molecule has 0 saturated heterocycles. The Morgan fingerprint density at radius 3 is 2.86 bits per heavy atom. The van der Waals surface area contributed by atoms with Crippen LogP contribution in [0.3, 0.4) is 0 Å². The number of amides is 1. The summed E-state index contributed by atoms with van der Waals surface area (Å²) in [6.07, 6.45) is 2.58. The Bertz CT molecular complexity index is 823. The Morgan fingerprint density at radius 2 is 2.05 bits per heavy atom. The average molecular weight is 296 g/mol. The zero-order chi connectivity index (χ0) is 15.5. The maximum Gasteiger partial charge on any atom is 0.251 e. The molecule has 1 heterocycles. The Kier molecular flexibility index (Phi) is 3.92. The second-order valence-corrected chi connectivity index (χ2v) is 5.34. The van der Waals surface area contributed by atoms with E-state index < -0.39 is 0 Å². The molecule has 22 heavy (non-hydrogen) atoms. The highest BCUT2D eigenvalue weighted by atomic mass is 19.1. The van der Waals surface area contributed by atoms with Crippen LogP contribution in [-0.4, -0.2) is 17.0 Å². The molecular formula is C18H17FN2O. The van der Waals surface area contributed by atoms with Gasteiger partial charge in [-0.25, -0.2) is 4.39 Å². The zero-order valence-corrected chi connectivity index (χ0v) is 12.3. The van der Waals surface area contributed by atoms with Gasteiger partial charge in [-0.05, 0) is 48.4 Å². The number of benzene rings is 2. The average Bonchev–Trinajstić information content (AvgIpc) is 2.88. The van der Waals surface area contributed by atoms with E-state index in [-0.39, 0.29) is 11.7 Å². The monoisotopic (exact) mass is 296 g/mol. The van der Waals surface area contributed by atoms with Crippen LogP contribution in [0.4, 0.5) is 4.39 Å². The lowest BCUT2D eigenvalue weighted by molar-refractivity contribution is 0.0954. The summed E-state index contributed by atoms with van der Waals surface area (Å²) in [7, 11) is 1.97. The van der Waals surface area contributed by atoms with Gasteiger partial charge in [-0.3, -0.25) is 4.79 Å². The standard InChI is InChI=1S/C18H17FN2O/c1-21-10-8-14-12-15(5-6-17(14)21)18(22)20-9-7-13-3-2-4-16(19)11-13/h2-6,8,10-12H,7,9H2,1H3,(H,20,22). The highest BCUT2D eigenvalue weighted by molar-refractivity contribution is 5.98. The van der Waals surface area contributed by atoms with Gasteiger partial charge in [0, 0.05) is 36.3 Å². The van der Waals surface area contributed by atoms with Crippen molar-refractivity contribution in [3.05, 3.63) is 71.7 Å². The van der Waals surface area contributed by atoms with Gasteiger partial charge in [-0.2, -0.15) is 0 Å². The number of hydrogen-bond donors (Lipinski definition) is 1. The first-order chi connectivity index (χ1) is 10.6. The molecule has 1 N–H and O–H groups in total. The maximum absolute atomic E-state index is 13.1. The predicted octanol–water partition coefficient (Wildman–Crippen LogP) is 3.29. The van der Waals surface area contributed by atoms with E-state index in [1.165, 1.54) is 12.1 Å². The fraction of sp³-hybridized carbons (Fsp3) is 0.167. The van der Waals surface area contributed by atoms with E-state index in [1.807, 2.05) is 48.1 Å². The predicted molar refractivity (Wildman–Crippen MR) is 85.4 cm³/mol. The molecule has 0 aliphatic carbocycles. The van der Waals surface area contributed by atoms with E-state index in [1.54, 1.807) is 6.07 Å². The SMILES string of the molecule is Cn1ccc2cc(C(=O)NCCc3cccc(F)c3)ccc21.